The molecule has 1 aliphatic carbocycles. The fourth-order valence-electron chi connectivity index (χ4n) is 3.71. The van der Waals surface area contributed by atoms with E-state index in [2.05, 4.69) is 77.9 Å². The molecule has 4 nitrogen and oxygen atoms in total. The topological polar surface area (TPSA) is 26.0 Å². The average Bonchev–Trinajstić information content (AvgIpc) is 3.50. The highest BCUT2D eigenvalue weighted by Gasteiger charge is 2.30. The van der Waals surface area contributed by atoms with Gasteiger partial charge in [0.25, 0.3) is 0 Å². The summed E-state index contributed by atoms with van der Waals surface area (Å²) in [5, 5.41) is 4.92. The van der Waals surface area contributed by atoms with Crippen LogP contribution in [0.3, 0.4) is 0 Å². The van der Waals surface area contributed by atoms with Crippen LogP contribution >= 0.6 is 12.2 Å². The Kier molecular flexibility index (Phi) is 5.74. The second kappa shape index (κ2) is 8.41. The van der Waals surface area contributed by atoms with Crippen molar-refractivity contribution in [3.8, 4) is 0 Å². The molecule has 0 saturated heterocycles. The highest BCUT2D eigenvalue weighted by Crippen LogP contribution is 2.39. The molecular formula is C23H28N4S. The number of benzene rings is 2. The summed E-state index contributed by atoms with van der Waals surface area (Å²) in [6.45, 7) is 7.67. The summed E-state index contributed by atoms with van der Waals surface area (Å²) in [6, 6.07) is 19.2. The zero-order chi connectivity index (χ0) is 19.5. The van der Waals surface area contributed by atoms with Crippen LogP contribution in [0.4, 0.5) is 0 Å². The van der Waals surface area contributed by atoms with E-state index in [0.717, 1.165) is 24.4 Å². The molecule has 0 aliphatic heterocycles. The maximum atomic E-state index is 5.77. The van der Waals surface area contributed by atoms with Crippen molar-refractivity contribution in [1.82, 2.24) is 19.2 Å². The molecule has 5 heteroatoms. The number of aromatic nitrogens is 3. The molecule has 3 aromatic rings. The first-order valence-electron chi connectivity index (χ1n) is 10.1. The molecule has 4 rings (SSSR count). The quantitative estimate of drug-likeness (QED) is 0.488. The summed E-state index contributed by atoms with van der Waals surface area (Å²) in [5.41, 5.74) is 3.98. The largest absolute Gasteiger partial charge is 0.304 e. The summed E-state index contributed by atoms with van der Waals surface area (Å²) in [4.78, 5) is 2.43. The minimum absolute atomic E-state index is 0.599. The van der Waals surface area contributed by atoms with Crippen molar-refractivity contribution in [2.24, 2.45) is 0 Å². The third kappa shape index (κ3) is 4.26. The van der Waals surface area contributed by atoms with Crippen LogP contribution in [0.1, 0.15) is 48.2 Å². The zero-order valence-corrected chi connectivity index (χ0v) is 17.5. The van der Waals surface area contributed by atoms with Crippen LogP contribution in [0.5, 0.6) is 0 Å². The zero-order valence-electron chi connectivity index (χ0n) is 16.7. The van der Waals surface area contributed by atoms with Gasteiger partial charge < -0.3 is 4.57 Å². The Balaban J connectivity index is 1.62. The van der Waals surface area contributed by atoms with Gasteiger partial charge in [-0.15, -0.1) is 0 Å². The lowest BCUT2D eigenvalue weighted by Crippen LogP contribution is -2.27. The van der Waals surface area contributed by atoms with Crippen LogP contribution < -0.4 is 0 Å². The summed E-state index contributed by atoms with van der Waals surface area (Å²) < 4.78 is 5.07. The van der Waals surface area contributed by atoms with Gasteiger partial charge in [-0.3, -0.25) is 4.90 Å². The Hall–Kier alpha value is -2.24. The second-order valence-corrected chi connectivity index (χ2v) is 8.06. The lowest BCUT2D eigenvalue weighted by atomic mass is 10.1. The molecule has 0 bridgehead atoms. The minimum atomic E-state index is 0.599. The molecular weight excluding hydrogens is 364 g/mol. The van der Waals surface area contributed by atoms with Crippen LogP contribution in [-0.2, 0) is 26.3 Å². The molecule has 1 fully saturated rings. The predicted octanol–water partition coefficient (Wildman–Crippen LogP) is 5.28. The Morgan fingerprint density at radius 1 is 1.04 bits per heavy atom. The smallest absolute Gasteiger partial charge is 0.199 e. The highest BCUT2D eigenvalue weighted by atomic mass is 32.1. The fraction of sp³-hybridized carbons (Fsp3) is 0.391. The van der Waals surface area contributed by atoms with Gasteiger partial charge in [0, 0.05) is 25.6 Å². The number of hydrogen-bond donors (Lipinski definition) is 0. The van der Waals surface area contributed by atoms with Gasteiger partial charge in [0.15, 0.2) is 4.77 Å². The Morgan fingerprint density at radius 3 is 2.43 bits per heavy atom. The van der Waals surface area contributed by atoms with Crippen molar-refractivity contribution in [3.05, 3.63) is 81.9 Å². The van der Waals surface area contributed by atoms with Crippen LogP contribution in [0.25, 0.3) is 0 Å². The van der Waals surface area contributed by atoms with Gasteiger partial charge in [-0.2, -0.15) is 5.10 Å². The van der Waals surface area contributed by atoms with Crippen molar-refractivity contribution in [2.45, 2.75) is 58.9 Å². The van der Waals surface area contributed by atoms with Gasteiger partial charge in [-0.05, 0) is 55.6 Å². The van der Waals surface area contributed by atoms with E-state index >= 15 is 0 Å². The van der Waals surface area contributed by atoms with E-state index in [1.807, 2.05) is 4.68 Å². The maximum Gasteiger partial charge on any atom is 0.199 e. The molecule has 0 spiro atoms. The number of hydrogen-bond acceptors (Lipinski definition) is 3. The number of aryl methyl sites for hydroxylation is 1. The van der Waals surface area contributed by atoms with E-state index in [9.17, 15) is 0 Å². The molecule has 1 heterocycles. The molecule has 1 saturated carbocycles. The average molecular weight is 393 g/mol. The molecule has 0 atom stereocenters. The second-order valence-electron chi connectivity index (χ2n) is 7.70. The summed E-state index contributed by atoms with van der Waals surface area (Å²) in [5.74, 6) is 1.77. The third-order valence-electron chi connectivity index (χ3n) is 5.45. The van der Waals surface area contributed by atoms with Crippen molar-refractivity contribution < 1.29 is 0 Å². The minimum Gasteiger partial charge on any atom is -0.304 e. The first kappa shape index (κ1) is 19.1. The highest BCUT2D eigenvalue weighted by molar-refractivity contribution is 7.71. The van der Waals surface area contributed by atoms with Gasteiger partial charge in [-0.25, -0.2) is 4.68 Å². The van der Waals surface area contributed by atoms with Gasteiger partial charge in [0.1, 0.15) is 5.82 Å². The first-order chi connectivity index (χ1) is 13.7. The molecule has 0 amide bonds. The fourth-order valence-corrected chi connectivity index (χ4v) is 4.03. The first-order valence-corrected chi connectivity index (χ1v) is 10.5. The number of rotatable bonds is 8. The molecule has 146 valence electrons. The van der Waals surface area contributed by atoms with Gasteiger partial charge >= 0.3 is 0 Å². The Bertz CT molecular complexity index is 985. The lowest BCUT2D eigenvalue weighted by molar-refractivity contribution is 0.187. The van der Waals surface area contributed by atoms with Crippen molar-refractivity contribution in [3.63, 3.8) is 0 Å². The Labute approximate surface area is 172 Å². The van der Waals surface area contributed by atoms with Gasteiger partial charge in [0.2, 0.25) is 0 Å². The molecule has 2 aromatic carbocycles. The van der Waals surface area contributed by atoms with E-state index in [1.165, 1.54) is 35.4 Å². The maximum absolute atomic E-state index is 5.77. The molecule has 1 aromatic heterocycles. The van der Waals surface area contributed by atoms with Crippen LogP contribution in [0.2, 0.25) is 0 Å². The van der Waals surface area contributed by atoms with E-state index in [4.69, 9.17) is 17.3 Å². The van der Waals surface area contributed by atoms with E-state index in [0.29, 0.717) is 12.6 Å². The summed E-state index contributed by atoms with van der Waals surface area (Å²) in [7, 11) is 0. The summed E-state index contributed by atoms with van der Waals surface area (Å²) >= 11 is 5.77. The Morgan fingerprint density at radius 2 is 1.75 bits per heavy atom. The monoisotopic (exact) mass is 392 g/mol. The van der Waals surface area contributed by atoms with E-state index in [-0.39, 0.29) is 0 Å². The van der Waals surface area contributed by atoms with E-state index in [1.54, 1.807) is 0 Å². The SMILES string of the molecule is CCn1c(C2CC2)nn(CN(Cc2ccccc2)Cc2ccccc2C)c1=S. The van der Waals surface area contributed by atoms with Crippen molar-refractivity contribution in [1.29, 1.82) is 0 Å². The van der Waals surface area contributed by atoms with Crippen molar-refractivity contribution >= 4 is 12.2 Å². The number of nitrogens with zero attached hydrogens (tertiary/aromatic N) is 4. The normalized spacial score (nSPS) is 14.0. The summed E-state index contributed by atoms with van der Waals surface area (Å²) in [6.07, 6.45) is 2.48. The standard InChI is InChI=1S/C23H28N4S/c1-3-26-22(20-13-14-20)24-27(23(26)28)17-25(15-19-10-5-4-6-11-19)16-21-12-8-7-9-18(21)2/h4-12,20H,3,13-17H2,1-2H3. The molecule has 28 heavy (non-hydrogen) atoms. The van der Waals surface area contributed by atoms with Crippen LogP contribution in [0.15, 0.2) is 54.6 Å². The van der Waals surface area contributed by atoms with Crippen LogP contribution in [-0.4, -0.2) is 19.2 Å². The van der Waals surface area contributed by atoms with Crippen LogP contribution in [0, 0.1) is 11.7 Å². The molecule has 1 aliphatic rings. The molecule has 0 unspecified atom stereocenters. The molecule has 0 radical (unpaired) electrons. The van der Waals surface area contributed by atoms with E-state index < -0.39 is 0 Å². The van der Waals surface area contributed by atoms with Crippen molar-refractivity contribution in [2.75, 3.05) is 0 Å². The predicted molar refractivity (Wildman–Crippen MR) is 116 cm³/mol. The van der Waals surface area contributed by atoms with Gasteiger partial charge in [-0.1, -0.05) is 54.6 Å². The van der Waals surface area contributed by atoms with Gasteiger partial charge in [0.05, 0.1) is 6.67 Å². The third-order valence-corrected chi connectivity index (χ3v) is 5.88. The molecule has 0 N–H and O–H groups in total. The lowest BCUT2D eigenvalue weighted by Gasteiger charge is -2.23.